The second-order valence-electron chi connectivity index (χ2n) is 8.31. The van der Waals surface area contributed by atoms with Gasteiger partial charge in [0.15, 0.2) is 5.96 Å². The third kappa shape index (κ3) is 7.85. The van der Waals surface area contributed by atoms with Gasteiger partial charge in [-0.2, -0.15) is 0 Å². The Bertz CT molecular complexity index is 978. The Morgan fingerprint density at radius 3 is 2.33 bits per heavy atom. The number of likely N-dealkylation sites (tertiary alicyclic amines) is 1. The molecule has 4 rings (SSSR count). The number of imidazole rings is 1. The predicted octanol–water partition coefficient (Wildman–Crippen LogP) is 4.40. The molecule has 0 aliphatic carbocycles. The average molecular weight is 559 g/mol. The number of halogens is 1. The van der Waals surface area contributed by atoms with Crippen LogP contribution >= 0.6 is 24.0 Å². The molecule has 1 aliphatic rings. The van der Waals surface area contributed by atoms with Gasteiger partial charge in [0.1, 0.15) is 5.82 Å². The highest BCUT2D eigenvalue weighted by Gasteiger charge is 2.11. The standard InChI is InChI=1S/C26H34N6.HI/c1-2-27-26(29-18-22-10-12-24(13-11-22)20-31-15-6-7-16-31)30-19-25-28-14-17-32(25)21-23-8-4-3-5-9-23;/h3-5,8-14,17H,2,6-7,15-16,18-21H2,1H3,(H2,27,29,30);1H. The van der Waals surface area contributed by atoms with Crippen LogP contribution in [0.4, 0.5) is 0 Å². The van der Waals surface area contributed by atoms with Crippen molar-refractivity contribution in [1.82, 2.24) is 25.1 Å². The zero-order chi connectivity index (χ0) is 22.0. The van der Waals surface area contributed by atoms with E-state index in [1.165, 1.54) is 42.6 Å². The van der Waals surface area contributed by atoms with Gasteiger partial charge in [-0.25, -0.2) is 9.98 Å². The van der Waals surface area contributed by atoms with Crippen molar-refractivity contribution in [3.05, 3.63) is 89.5 Å². The molecule has 1 saturated heterocycles. The summed E-state index contributed by atoms with van der Waals surface area (Å²) in [6, 6.07) is 19.3. The van der Waals surface area contributed by atoms with Crippen molar-refractivity contribution in [3.8, 4) is 0 Å². The second-order valence-corrected chi connectivity index (χ2v) is 8.31. The lowest BCUT2D eigenvalue weighted by molar-refractivity contribution is 0.331. The fraction of sp³-hybridized carbons (Fsp3) is 0.385. The number of hydrogen-bond donors (Lipinski definition) is 2. The average Bonchev–Trinajstić information content (AvgIpc) is 3.49. The molecule has 6 nitrogen and oxygen atoms in total. The van der Waals surface area contributed by atoms with Crippen molar-refractivity contribution in [3.63, 3.8) is 0 Å². The van der Waals surface area contributed by atoms with E-state index in [-0.39, 0.29) is 24.0 Å². The largest absolute Gasteiger partial charge is 0.357 e. The lowest BCUT2D eigenvalue weighted by Gasteiger charge is -2.15. The van der Waals surface area contributed by atoms with Gasteiger partial charge in [-0.15, -0.1) is 24.0 Å². The van der Waals surface area contributed by atoms with Crippen LogP contribution in [-0.4, -0.2) is 40.0 Å². The Kier molecular flexibility index (Phi) is 10.2. The van der Waals surface area contributed by atoms with E-state index in [4.69, 9.17) is 4.99 Å². The minimum atomic E-state index is 0. The highest BCUT2D eigenvalue weighted by Crippen LogP contribution is 2.13. The van der Waals surface area contributed by atoms with Gasteiger partial charge < -0.3 is 15.2 Å². The van der Waals surface area contributed by atoms with Gasteiger partial charge in [-0.1, -0.05) is 54.6 Å². The van der Waals surface area contributed by atoms with E-state index in [1.54, 1.807) is 0 Å². The fourth-order valence-electron chi connectivity index (χ4n) is 4.06. The van der Waals surface area contributed by atoms with Gasteiger partial charge in [-0.3, -0.25) is 4.90 Å². The molecule has 2 aromatic carbocycles. The molecular weight excluding hydrogens is 523 g/mol. The summed E-state index contributed by atoms with van der Waals surface area (Å²) in [5.74, 6) is 1.80. The molecule has 33 heavy (non-hydrogen) atoms. The maximum atomic E-state index is 4.78. The number of nitrogens with one attached hydrogen (secondary N) is 2. The highest BCUT2D eigenvalue weighted by molar-refractivity contribution is 14.0. The molecule has 0 unspecified atom stereocenters. The maximum absolute atomic E-state index is 4.78. The van der Waals surface area contributed by atoms with E-state index < -0.39 is 0 Å². The SMILES string of the molecule is CCNC(=NCc1ccc(CN2CCCC2)cc1)NCc1nccn1Cc1ccccc1.I. The highest BCUT2D eigenvalue weighted by atomic mass is 127. The molecule has 1 fully saturated rings. The van der Waals surface area contributed by atoms with Gasteiger partial charge in [-0.05, 0) is 49.5 Å². The minimum Gasteiger partial charge on any atom is -0.357 e. The summed E-state index contributed by atoms with van der Waals surface area (Å²) < 4.78 is 2.17. The monoisotopic (exact) mass is 558 g/mol. The third-order valence-corrected chi connectivity index (χ3v) is 5.80. The Morgan fingerprint density at radius 1 is 0.909 bits per heavy atom. The van der Waals surface area contributed by atoms with Crippen LogP contribution in [0, 0.1) is 0 Å². The van der Waals surface area contributed by atoms with Gasteiger partial charge in [0, 0.05) is 32.0 Å². The summed E-state index contributed by atoms with van der Waals surface area (Å²) in [6.07, 6.45) is 6.55. The van der Waals surface area contributed by atoms with E-state index in [2.05, 4.69) is 80.5 Å². The lowest BCUT2D eigenvalue weighted by atomic mass is 10.1. The van der Waals surface area contributed by atoms with E-state index >= 15 is 0 Å². The van der Waals surface area contributed by atoms with E-state index in [9.17, 15) is 0 Å². The van der Waals surface area contributed by atoms with Gasteiger partial charge in [0.05, 0.1) is 13.1 Å². The van der Waals surface area contributed by atoms with Crippen LogP contribution in [0.1, 0.15) is 42.3 Å². The molecule has 7 heteroatoms. The van der Waals surface area contributed by atoms with Gasteiger partial charge in [0.2, 0.25) is 0 Å². The van der Waals surface area contributed by atoms with E-state index in [0.717, 1.165) is 31.4 Å². The number of aliphatic imine (C=N–C) groups is 1. The first-order valence-electron chi connectivity index (χ1n) is 11.7. The maximum Gasteiger partial charge on any atom is 0.191 e. The molecule has 3 aromatic rings. The molecule has 0 amide bonds. The summed E-state index contributed by atoms with van der Waals surface area (Å²) >= 11 is 0. The minimum absolute atomic E-state index is 0. The van der Waals surface area contributed by atoms with Crippen LogP contribution in [0.25, 0.3) is 0 Å². The molecule has 0 bridgehead atoms. The van der Waals surface area contributed by atoms with Crippen LogP contribution in [0.3, 0.4) is 0 Å². The van der Waals surface area contributed by atoms with Crippen LogP contribution in [-0.2, 0) is 26.2 Å². The molecule has 0 saturated carbocycles. The van der Waals surface area contributed by atoms with Crippen molar-refractivity contribution in [2.75, 3.05) is 19.6 Å². The van der Waals surface area contributed by atoms with Crippen molar-refractivity contribution in [1.29, 1.82) is 0 Å². The molecule has 2 N–H and O–H groups in total. The smallest absolute Gasteiger partial charge is 0.191 e. The summed E-state index contributed by atoms with van der Waals surface area (Å²) in [6.45, 7) is 8.51. The summed E-state index contributed by atoms with van der Waals surface area (Å²) in [7, 11) is 0. The first kappa shape index (κ1) is 25.2. The topological polar surface area (TPSA) is 57.5 Å². The number of hydrogen-bond acceptors (Lipinski definition) is 3. The Hall–Kier alpha value is -2.39. The normalized spacial score (nSPS) is 14.2. The summed E-state index contributed by atoms with van der Waals surface area (Å²) in [4.78, 5) is 11.8. The van der Waals surface area contributed by atoms with Crippen molar-refractivity contribution < 1.29 is 0 Å². The number of nitrogens with zero attached hydrogens (tertiary/aromatic N) is 4. The molecule has 1 aliphatic heterocycles. The number of guanidine groups is 1. The van der Waals surface area contributed by atoms with Gasteiger partial charge in [0.25, 0.3) is 0 Å². The van der Waals surface area contributed by atoms with E-state index in [0.29, 0.717) is 13.1 Å². The van der Waals surface area contributed by atoms with Crippen LogP contribution in [0.15, 0.2) is 72.0 Å². The van der Waals surface area contributed by atoms with E-state index in [1.807, 2.05) is 18.5 Å². The molecule has 1 aromatic heterocycles. The fourth-order valence-corrected chi connectivity index (χ4v) is 4.06. The molecule has 0 spiro atoms. The summed E-state index contributed by atoms with van der Waals surface area (Å²) in [5.41, 5.74) is 3.87. The Balaban J connectivity index is 0.00000306. The zero-order valence-electron chi connectivity index (χ0n) is 19.4. The molecular formula is C26H35IN6. The zero-order valence-corrected chi connectivity index (χ0v) is 21.7. The Morgan fingerprint density at radius 2 is 1.61 bits per heavy atom. The number of aromatic nitrogens is 2. The lowest BCUT2D eigenvalue weighted by Crippen LogP contribution is -2.37. The Labute approximate surface area is 214 Å². The first-order chi connectivity index (χ1) is 15.8. The van der Waals surface area contributed by atoms with Gasteiger partial charge >= 0.3 is 0 Å². The number of benzene rings is 2. The first-order valence-corrected chi connectivity index (χ1v) is 11.7. The molecule has 176 valence electrons. The molecule has 2 heterocycles. The van der Waals surface area contributed by atoms with Crippen molar-refractivity contribution in [2.24, 2.45) is 4.99 Å². The quantitative estimate of drug-likeness (QED) is 0.232. The second kappa shape index (κ2) is 13.3. The van der Waals surface area contributed by atoms with Crippen LogP contribution in [0.2, 0.25) is 0 Å². The third-order valence-electron chi connectivity index (χ3n) is 5.80. The number of rotatable bonds is 9. The van der Waals surface area contributed by atoms with Crippen molar-refractivity contribution in [2.45, 2.75) is 45.9 Å². The molecule has 0 atom stereocenters. The predicted molar refractivity (Wildman–Crippen MR) is 146 cm³/mol. The van der Waals surface area contributed by atoms with Crippen molar-refractivity contribution >= 4 is 29.9 Å². The van der Waals surface area contributed by atoms with Crippen LogP contribution in [0.5, 0.6) is 0 Å². The summed E-state index contributed by atoms with van der Waals surface area (Å²) in [5, 5.41) is 6.77. The van der Waals surface area contributed by atoms with Crippen LogP contribution < -0.4 is 10.6 Å². The molecule has 0 radical (unpaired) electrons.